The molecule has 0 bridgehead atoms. The van der Waals surface area contributed by atoms with Crippen molar-refractivity contribution in [3.8, 4) is 11.8 Å². The zero-order valence-electron chi connectivity index (χ0n) is 15.8. The van der Waals surface area contributed by atoms with Gasteiger partial charge in [-0.1, -0.05) is 11.6 Å². The van der Waals surface area contributed by atoms with Crippen molar-refractivity contribution in [1.29, 1.82) is 5.26 Å². The van der Waals surface area contributed by atoms with Crippen molar-refractivity contribution in [3.63, 3.8) is 0 Å². The number of aromatic nitrogens is 3. The van der Waals surface area contributed by atoms with E-state index in [1.165, 1.54) is 0 Å². The number of methoxy groups -OCH3 is 1. The summed E-state index contributed by atoms with van der Waals surface area (Å²) in [5.41, 5.74) is 9.70. The maximum atomic E-state index is 8.83. The fourth-order valence-corrected chi connectivity index (χ4v) is 4.02. The molecule has 2 aromatic rings. The Morgan fingerprint density at radius 1 is 1.41 bits per heavy atom. The van der Waals surface area contributed by atoms with Gasteiger partial charge in [-0.25, -0.2) is 4.98 Å². The van der Waals surface area contributed by atoms with Gasteiger partial charge in [-0.15, -0.1) is 0 Å². The molecule has 1 atom stereocenters. The van der Waals surface area contributed by atoms with E-state index in [0.29, 0.717) is 18.1 Å². The van der Waals surface area contributed by atoms with E-state index in [2.05, 4.69) is 25.9 Å². The van der Waals surface area contributed by atoms with E-state index in [9.17, 15) is 0 Å². The van der Waals surface area contributed by atoms with Crippen LogP contribution in [0.5, 0.6) is 5.75 Å². The first-order valence-electron chi connectivity index (χ1n) is 8.90. The molecule has 1 unspecified atom stereocenters. The van der Waals surface area contributed by atoms with Gasteiger partial charge in [0.25, 0.3) is 0 Å². The van der Waals surface area contributed by atoms with Crippen LogP contribution in [0.25, 0.3) is 0 Å². The van der Waals surface area contributed by atoms with Crippen LogP contribution in [0.15, 0.2) is 6.20 Å². The van der Waals surface area contributed by atoms with Gasteiger partial charge < -0.3 is 15.4 Å². The summed E-state index contributed by atoms with van der Waals surface area (Å²) in [6.45, 7) is 5.32. The van der Waals surface area contributed by atoms with E-state index < -0.39 is 0 Å². The molecule has 1 aliphatic rings. The predicted molar refractivity (Wildman–Crippen MR) is 105 cm³/mol. The lowest BCUT2D eigenvalue weighted by Crippen LogP contribution is -2.23. The second-order valence-corrected chi connectivity index (χ2v) is 7.14. The number of nitrogens with zero attached hydrogens (tertiary/aromatic N) is 5. The smallest absolute Gasteiger partial charge is 0.223 e. The summed E-state index contributed by atoms with van der Waals surface area (Å²) < 4.78 is 5.52. The lowest BCUT2D eigenvalue weighted by Gasteiger charge is -2.21. The monoisotopic (exact) mass is 386 g/mol. The Morgan fingerprint density at radius 3 is 2.89 bits per heavy atom. The molecular weight excluding hydrogens is 364 g/mol. The van der Waals surface area contributed by atoms with Gasteiger partial charge in [-0.05, 0) is 26.7 Å². The number of aryl methyl sites for hydroxylation is 1. The summed E-state index contributed by atoms with van der Waals surface area (Å²) in [7, 11) is 1.67. The number of nitriles is 1. The predicted octanol–water partition coefficient (Wildman–Crippen LogP) is 3.53. The molecule has 2 N–H and O–H groups in total. The first kappa shape index (κ1) is 19.2. The molecule has 0 aromatic carbocycles. The normalized spacial score (nSPS) is 15.5. The van der Waals surface area contributed by atoms with Crippen molar-refractivity contribution in [2.45, 2.75) is 45.6 Å². The van der Waals surface area contributed by atoms with Gasteiger partial charge >= 0.3 is 0 Å². The number of hydrogen-bond donors (Lipinski definition) is 1. The number of unbranched alkanes of at least 4 members (excludes halogenated alkanes) is 1. The van der Waals surface area contributed by atoms with Crippen molar-refractivity contribution in [2.24, 2.45) is 0 Å². The van der Waals surface area contributed by atoms with Gasteiger partial charge in [-0.3, -0.25) is 4.98 Å². The maximum absolute atomic E-state index is 8.83. The molecule has 0 spiro atoms. The third-order valence-electron chi connectivity index (χ3n) is 4.98. The van der Waals surface area contributed by atoms with Crippen LogP contribution in [0, 0.1) is 25.2 Å². The molecule has 142 valence electrons. The number of ether oxygens (including phenoxy) is 1. The fraction of sp³-hybridized carbons (Fsp3) is 0.474. The van der Waals surface area contributed by atoms with Crippen molar-refractivity contribution in [2.75, 3.05) is 24.3 Å². The summed E-state index contributed by atoms with van der Waals surface area (Å²) in [6, 6.07) is 2.19. The Morgan fingerprint density at radius 2 is 2.19 bits per heavy atom. The zero-order chi connectivity index (χ0) is 19.6. The van der Waals surface area contributed by atoms with E-state index in [1.807, 2.05) is 20.0 Å². The Hall–Kier alpha value is -2.59. The van der Waals surface area contributed by atoms with E-state index in [1.54, 1.807) is 7.11 Å². The van der Waals surface area contributed by atoms with Gasteiger partial charge in [-0.2, -0.15) is 10.2 Å². The largest absolute Gasteiger partial charge is 0.496 e. The molecule has 0 aliphatic carbocycles. The van der Waals surface area contributed by atoms with Crippen LogP contribution in [-0.2, 0) is 6.54 Å². The minimum absolute atomic E-state index is 0.160. The lowest BCUT2D eigenvalue weighted by molar-refractivity contribution is 0.406. The van der Waals surface area contributed by atoms with Crippen LogP contribution < -0.4 is 15.4 Å². The molecule has 3 rings (SSSR count). The summed E-state index contributed by atoms with van der Waals surface area (Å²) >= 11 is 6.39. The van der Waals surface area contributed by atoms with E-state index in [4.69, 9.17) is 27.3 Å². The molecule has 3 heterocycles. The number of nitrogen functional groups attached to an aromatic ring is 1. The van der Waals surface area contributed by atoms with Crippen molar-refractivity contribution >= 4 is 23.4 Å². The SMILES string of the molecule is COc1c(C)cnc(CN2CC(CCCC#N)c3c(Cl)nc(N)nc32)c1C. The van der Waals surface area contributed by atoms with Gasteiger partial charge in [0.2, 0.25) is 5.95 Å². The topological polar surface area (TPSA) is 101 Å². The fourth-order valence-electron chi connectivity index (χ4n) is 3.70. The number of nitrogens with two attached hydrogens (primary N) is 1. The van der Waals surface area contributed by atoms with Crippen LogP contribution >= 0.6 is 11.6 Å². The molecule has 2 aromatic heterocycles. The second kappa shape index (κ2) is 7.97. The summed E-state index contributed by atoms with van der Waals surface area (Å²) in [4.78, 5) is 15.3. The Labute approximate surface area is 164 Å². The molecule has 1 aliphatic heterocycles. The van der Waals surface area contributed by atoms with Crippen molar-refractivity contribution in [1.82, 2.24) is 15.0 Å². The molecule has 7 nitrogen and oxygen atoms in total. The molecule has 27 heavy (non-hydrogen) atoms. The van der Waals surface area contributed by atoms with Gasteiger partial charge in [0.05, 0.1) is 25.4 Å². The Bertz CT molecular complexity index is 895. The molecule has 0 amide bonds. The molecule has 0 fully saturated rings. The van der Waals surface area contributed by atoms with Gasteiger partial charge in [0, 0.05) is 41.8 Å². The van der Waals surface area contributed by atoms with E-state index >= 15 is 0 Å². The zero-order valence-corrected chi connectivity index (χ0v) is 16.5. The van der Waals surface area contributed by atoms with Crippen molar-refractivity contribution < 1.29 is 4.74 Å². The van der Waals surface area contributed by atoms with Crippen LogP contribution in [-0.4, -0.2) is 28.6 Å². The van der Waals surface area contributed by atoms with Crippen molar-refractivity contribution in [3.05, 3.63) is 33.7 Å². The molecule has 8 heteroatoms. The highest BCUT2D eigenvalue weighted by molar-refractivity contribution is 6.30. The van der Waals surface area contributed by atoms with Crippen LogP contribution in [0.2, 0.25) is 5.15 Å². The second-order valence-electron chi connectivity index (χ2n) is 6.78. The van der Waals surface area contributed by atoms with Gasteiger partial charge in [0.15, 0.2) is 0 Å². The first-order chi connectivity index (χ1) is 13.0. The lowest BCUT2D eigenvalue weighted by atomic mass is 9.98. The highest BCUT2D eigenvalue weighted by atomic mass is 35.5. The molecule has 0 radical (unpaired) electrons. The standard InChI is InChI=1S/C19H23ClN6O/c1-11-8-23-14(12(2)16(11)27-3)10-26-9-13(6-4-5-7-21)15-17(20)24-19(22)25-18(15)26/h8,13H,4-6,9-10H2,1-3H3,(H2,22,24,25). The minimum atomic E-state index is 0.160. The van der Waals surface area contributed by atoms with Gasteiger partial charge in [0.1, 0.15) is 16.7 Å². The minimum Gasteiger partial charge on any atom is -0.496 e. The maximum Gasteiger partial charge on any atom is 0.223 e. The third-order valence-corrected chi connectivity index (χ3v) is 5.26. The summed E-state index contributed by atoms with van der Waals surface area (Å²) in [6.07, 6.45) is 4.01. The number of halogens is 1. The number of fused-ring (bicyclic) bond motifs is 1. The number of anilines is 2. The average molecular weight is 387 g/mol. The van der Waals surface area contributed by atoms with E-state index in [-0.39, 0.29) is 11.9 Å². The third kappa shape index (κ3) is 3.76. The van der Waals surface area contributed by atoms with Crippen LogP contribution in [0.1, 0.15) is 47.6 Å². The first-order valence-corrected chi connectivity index (χ1v) is 9.27. The number of rotatable bonds is 6. The molecule has 0 saturated heterocycles. The van der Waals surface area contributed by atoms with Crippen LogP contribution in [0.3, 0.4) is 0 Å². The van der Waals surface area contributed by atoms with Crippen LogP contribution in [0.4, 0.5) is 11.8 Å². The summed E-state index contributed by atoms with van der Waals surface area (Å²) in [5.74, 6) is 1.95. The highest BCUT2D eigenvalue weighted by Crippen LogP contribution is 2.42. The average Bonchev–Trinajstić information content (AvgIpc) is 2.96. The number of hydrogen-bond acceptors (Lipinski definition) is 7. The number of pyridine rings is 1. The van der Waals surface area contributed by atoms with E-state index in [0.717, 1.165) is 53.3 Å². The highest BCUT2D eigenvalue weighted by Gasteiger charge is 2.33. The Kier molecular flexibility index (Phi) is 5.66. The molecule has 0 saturated carbocycles. The molecular formula is C19H23ClN6O. The quantitative estimate of drug-likeness (QED) is 0.598. The Balaban J connectivity index is 1.93. The summed E-state index contributed by atoms with van der Waals surface area (Å²) in [5, 5.41) is 9.22.